The Morgan fingerprint density at radius 3 is 3.00 bits per heavy atom. The highest BCUT2D eigenvalue weighted by atomic mass is 32.1. The van der Waals surface area contributed by atoms with Crippen LogP contribution in [0.5, 0.6) is 0 Å². The lowest BCUT2D eigenvalue weighted by Gasteiger charge is -2.19. The Morgan fingerprint density at radius 1 is 1.47 bits per heavy atom. The molecule has 84 valence electrons. The Labute approximate surface area is 95.6 Å². The third-order valence-electron chi connectivity index (χ3n) is 3.09. The van der Waals surface area contributed by atoms with Gasteiger partial charge in [0.25, 0.3) is 0 Å². The highest BCUT2D eigenvalue weighted by molar-refractivity contribution is 7.11. The maximum absolute atomic E-state index is 5.46. The van der Waals surface area contributed by atoms with E-state index < -0.39 is 0 Å². The maximum Gasteiger partial charge on any atom is 0.0724 e. The number of ether oxygens (including phenoxy) is 1. The van der Waals surface area contributed by atoms with Crippen LogP contribution in [0.1, 0.15) is 29.0 Å². The number of methoxy groups -OCH3 is 1. The van der Waals surface area contributed by atoms with E-state index in [-0.39, 0.29) is 0 Å². The van der Waals surface area contributed by atoms with E-state index in [0.717, 1.165) is 6.54 Å². The van der Waals surface area contributed by atoms with Crippen molar-refractivity contribution in [2.24, 2.45) is 0 Å². The Kier molecular flexibility index (Phi) is 3.78. The standard InChI is InChI=1S/C12H19NOS/c1-9-6-7-10(15-9)8-13-11-4-3-5-12(11)14-2/h6-7,11-13H,3-5,8H2,1-2H3. The Balaban J connectivity index is 1.82. The summed E-state index contributed by atoms with van der Waals surface area (Å²) in [5, 5.41) is 3.60. The van der Waals surface area contributed by atoms with E-state index in [2.05, 4.69) is 24.4 Å². The Bertz CT molecular complexity index is 310. The van der Waals surface area contributed by atoms with Gasteiger partial charge >= 0.3 is 0 Å². The summed E-state index contributed by atoms with van der Waals surface area (Å²) < 4.78 is 5.46. The molecule has 2 atom stereocenters. The van der Waals surface area contributed by atoms with Gasteiger partial charge in [-0.3, -0.25) is 0 Å². The quantitative estimate of drug-likeness (QED) is 0.850. The molecule has 2 nitrogen and oxygen atoms in total. The number of thiophene rings is 1. The van der Waals surface area contributed by atoms with Gasteiger partial charge in [-0.05, 0) is 38.3 Å². The summed E-state index contributed by atoms with van der Waals surface area (Å²) in [6, 6.07) is 4.95. The van der Waals surface area contributed by atoms with Gasteiger partial charge in [-0.15, -0.1) is 11.3 Å². The summed E-state index contributed by atoms with van der Waals surface area (Å²) in [5.74, 6) is 0. The normalized spacial score (nSPS) is 26.0. The molecule has 3 heteroatoms. The topological polar surface area (TPSA) is 21.3 Å². The molecule has 0 aliphatic heterocycles. The summed E-state index contributed by atoms with van der Waals surface area (Å²) in [5.41, 5.74) is 0. The monoisotopic (exact) mass is 225 g/mol. The predicted octanol–water partition coefficient (Wildman–Crippen LogP) is 2.71. The first-order valence-corrected chi connectivity index (χ1v) is 6.42. The first kappa shape index (κ1) is 11.1. The molecule has 1 aliphatic carbocycles. The van der Waals surface area contributed by atoms with E-state index >= 15 is 0 Å². The van der Waals surface area contributed by atoms with Crippen molar-refractivity contribution in [1.29, 1.82) is 0 Å². The van der Waals surface area contributed by atoms with Crippen molar-refractivity contribution in [1.82, 2.24) is 5.32 Å². The van der Waals surface area contributed by atoms with Crippen molar-refractivity contribution in [3.8, 4) is 0 Å². The van der Waals surface area contributed by atoms with Crippen LogP contribution in [0, 0.1) is 6.92 Å². The van der Waals surface area contributed by atoms with E-state index in [1.165, 1.54) is 29.0 Å². The lowest BCUT2D eigenvalue weighted by atomic mass is 10.2. The molecule has 0 radical (unpaired) electrons. The molecule has 2 unspecified atom stereocenters. The summed E-state index contributed by atoms with van der Waals surface area (Å²) in [6.45, 7) is 3.14. The molecule has 1 aliphatic rings. The number of aryl methyl sites for hydroxylation is 1. The van der Waals surface area contributed by atoms with Crippen LogP contribution >= 0.6 is 11.3 Å². The van der Waals surface area contributed by atoms with E-state index in [9.17, 15) is 0 Å². The Morgan fingerprint density at radius 2 is 2.33 bits per heavy atom. The molecule has 0 bridgehead atoms. The zero-order valence-corrected chi connectivity index (χ0v) is 10.3. The number of rotatable bonds is 4. The van der Waals surface area contributed by atoms with Crippen molar-refractivity contribution in [3.05, 3.63) is 21.9 Å². The number of hydrogen-bond acceptors (Lipinski definition) is 3. The van der Waals surface area contributed by atoms with Crippen molar-refractivity contribution in [2.75, 3.05) is 7.11 Å². The first-order chi connectivity index (χ1) is 7.29. The van der Waals surface area contributed by atoms with Crippen LogP contribution in [0.2, 0.25) is 0 Å². The van der Waals surface area contributed by atoms with Crippen molar-refractivity contribution >= 4 is 11.3 Å². The van der Waals surface area contributed by atoms with E-state index in [0.29, 0.717) is 12.1 Å². The molecule has 0 aromatic carbocycles. The average Bonchev–Trinajstić information content (AvgIpc) is 2.83. The minimum Gasteiger partial charge on any atom is -0.380 e. The first-order valence-electron chi connectivity index (χ1n) is 5.61. The van der Waals surface area contributed by atoms with E-state index in [4.69, 9.17) is 4.74 Å². The van der Waals surface area contributed by atoms with Crippen molar-refractivity contribution in [2.45, 2.75) is 44.9 Å². The second-order valence-corrected chi connectivity index (χ2v) is 5.58. The second-order valence-electron chi connectivity index (χ2n) is 4.20. The van der Waals surface area contributed by atoms with Gasteiger partial charge in [0.15, 0.2) is 0 Å². The summed E-state index contributed by atoms with van der Waals surface area (Å²) in [6.07, 6.45) is 4.17. The zero-order chi connectivity index (χ0) is 10.7. The van der Waals surface area contributed by atoms with Crippen molar-refractivity contribution < 1.29 is 4.74 Å². The van der Waals surface area contributed by atoms with Crippen LogP contribution in [-0.2, 0) is 11.3 Å². The fraction of sp³-hybridized carbons (Fsp3) is 0.667. The van der Waals surface area contributed by atoms with Gasteiger partial charge in [0.2, 0.25) is 0 Å². The lowest BCUT2D eigenvalue weighted by Crippen LogP contribution is -2.36. The maximum atomic E-state index is 5.46. The molecule has 1 aromatic heterocycles. The van der Waals surface area contributed by atoms with Crippen molar-refractivity contribution in [3.63, 3.8) is 0 Å². The molecule has 1 heterocycles. The Hall–Kier alpha value is -0.380. The van der Waals surface area contributed by atoms with Crippen LogP contribution in [0.25, 0.3) is 0 Å². The van der Waals surface area contributed by atoms with Gasteiger partial charge in [-0.2, -0.15) is 0 Å². The lowest BCUT2D eigenvalue weighted by molar-refractivity contribution is 0.0848. The van der Waals surface area contributed by atoms with Gasteiger partial charge in [0, 0.05) is 29.5 Å². The number of nitrogens with one attached hydrogen (secondary N) is 1. The van der Waals surface area contributed by atoms with Gasteiger partial charge in [-0.1, -0.05) is 0 Å². The van der Waals surface area contributed by atoms with Crippen LogP contribution in [-0.4, -0.2) is 19.3 Å². The van der Waals surface area contributed by atoms with E-state index in [1.54, 1.807) is 0 Å². The highest BCUT2D eigenvalue weighted by Crippen LogP contribution is 2.22. The fourth-order valence-electron chi connectivity index (χ4n) is 2.25. The minimum absolute atomic E-state index is 0.422. The van der Waals surface area contributed by atoms with Gasteiger partial charge < -0.3 is 10.1 Å². The SMILES string of the molecule is COC1CCCC1NCc1ccc(C)s1. The van der Waals surface area contributed by atoms with Gasteiger partial charge in [0.05, 0.1) is 6.10 Å². The summed E-state index contributed by atoms with van der Waals surface area (Å²) >= 11 is 1.88. The molecule has 0 saturated heterocycles. The molecule has 1 N–H and O–H groups in total. The summed E-state index contributed by atoms with van der Waals surface area (Å²) in [7, 11) is 1.82. The van der Waals surface area contributed by atoms with Gasteiger partial charge in [-0.25, -0.2) is 0 Å². The van der Waals surface area contributed by atoms with Gasteiger partial charge in [0.1, 0.15) is 0 Å². The van der Waals surface area contributed by atoms with Crippen LogP contribution in [0.4, 0.5) is 0 Å². The third-order valence-corrected chi connectivity index (χ3v) is 4.09. The zero-order valence-electron chi connectivity index (χ0n) is 9.45. The molecule has 15 heavy (non-hydrogen) atoms. The van der Waals surface area contributed by atoms with E-state index in [1.807, 2.05) is 18.4 Å². The third kappa shape index (κ3) is 2.80. The van der Waals surface area contributed by atoms with Crippen LogP contribution in [0.3, 0.4) is 0 Å². The molecule has 1 aromatic rings. The largest absolute Gasteiger partial charge is 0.380 e. The summed E-state index contributed by atoms with van der Waals surface area (Å²) in [4.78, 5) is 2.82. The average molecular weight is 225 g/mol. The molecule has 0 amide bonds. The highest BCUT2D eigenvalue weighted by Gasteiger charge is 2.26. The molecule has 1 saturated carbocycles. The molecule has 1 fully saturated rings. The number of hydrogen-bond donors (Lipinski definition) is 1. The second kappa shape index (κ2) is 5.10. The fourth-order valence-corrected chi connectivity index (χ4v) is 3.09. The minimum atomic E-state index is 0.422. The molecular formula is C12H19NOS. The molecule has 2 rings (SSSR count). The van der Waals surface area contributed by atoms with Crippen LogP contribution in [0.15, 0.2) is 12.1 Å². The van der Waals surface area contributed by atoms with Crippen LogP contribution < -0.4 is 5.32 Å². The molecule has 0 spiro atoms. The smallest absolute Gasteiger partial charge is 0.0724 e. The molecular weight excluding hydrogens is 206 g/mol. The predicted molar refractivity (Wildman–Crippen MR) is 64.3 cm³/mol.